The van der Waals surface area contributed by atoms with Crippen molar-refractivity contribution in [2.45, 2.75) is 51.0 Å². The van der Waals surface area contributed by atoms with Crippen molar-refractivity contribution < 1.29 is 14.3 Å². The summed E-state index contributed by atoms with van der Waals surface area (Å²) in [5, 5.41) is 8.73. The molecule has 0 saturated heterocycles. The standard InChI is InChI=1S/C25H33N3O3/c29-24(16-9-17-27-25(30)28-21-12-5-2-6-13-21)26-18-19-31-23-15-8-7-14-22(23)20-10-3-1-4-11-20/h1,3-4,7-8,10-11,14-15,21H,2,5-6,9,12-13,16-19H2,(H,26,29)(H2,27,28,30). The van der Waals surface area contributed by atoms with Crippen LogP contribution in [0.1, 0.15) is 44.9 Å². The smallest absolute Gasteiger partial charge is 0.315 e. The van der Waals surface area contributed by atoms with Gasteiger partial charge in [0, 0.05) is 24.6 Å². The van der Waals surface area contributed by atoms with E-state index in [9.17, 15) is 9.59 Å². The third-order valence-corrected chi connectivity index (χ3v) is 5.46. The first-order chi connectivity index (χ1) is 15.2. The van der Waals surface area contributed by atoms with Crippen molar-refractivity contribution in [3.05, 3.63) is 54.6 Å². The van der Waals surface area contributed by atoms with Gasteiger partial charge in [-0.15, -0.1) is 0 Å². The lowest BCUT2D eigenvalue weighted by Gasteiger charge is -2.22. The van der Waals surface area contributed by atoms with Gasteiger partial charge in [-0.3, -0.25) is 4.79 Å². The van der Waals surface area contributed by atoms with Crippen LogP contribution in [0.3, 0.4) is 0 Å². The van der Waals surface area contributed by atoms with Crippen molar-refractivity contribution in [1.82, 2.24) is 16.0 Å². The maximum absolute atomic E-state index is 12.0. The summed E-state index contributed by atoms with van der Waals surface area (Å²) in [6.45, 7) is 1.34. The van der Waals surface area contributed by atoms with Gasteiger partial charge in [-0.2, -0.15) is 0 Å². The molecular weight excluding hydrogens is 390 g/mol. The van der Waals surface area contributed by atoms with Gasteiger partial charge in [-0.1, -0.05) is 67.8 Å². The molecule has 31 heavy (non-hydrogen) atoms. The van der Waals surface area contributed by atoms with E-state index in [1.54, 1.807) is 0 Å². The fourth-order valence-electron chi connectivity index (χ4n) is 3.82. The molecule has 6 heteroatoms. The Kier molecular flexibility index (Phi) is 9.23. The first-order valence-corrected chi connectivity index (χ1v) is 11.3. The molecule has 0 atom stereocenters. The van der Waals surface area contributed by atoms with E-state index in [0.29, 0.717) is 38.6 Å². The number of ether oxygens (including phenoxy) is 1. The molecule has 0 unspecified atom stereocenters. The average molecular weight is 424 g/mol. The molecule has 3 N–H and O–H groups in total. The molecule has 1 saturated carbocycles. The Labute approximate surface area is 184 Å². The molecule has 166 valence electrons. The van der Waals surface area contributed by atoms with Crippen molar-refractivity contribution in [2.24, 2.45) is 0 Å². The van der Waals surface area contributed by atoms with Crippen LogP contribution in [0.15, 0.2) is 54.6 Å². The molecule has 2 aromatic carbocycles. The Hall–Kier alpha value is -3.02. The van der Waals surface area contributed by atoms with E-state index in [-0.39, 0.29) is 11.9 Å². The summed E-state index contributed by atoms with van der Waals surface area (Å²) in [5.74, 6) is 0.769. The second kappa shape index (κ2) is 12.6. The third kappa shape index (κ3) is 7.96. The van der Waals surface area contributed by atoms with E-state index in [4.69, 9.17) is 4.74 Å². The minimum Gasteiger partial charge on any atom is -0.491 e. The summed E-state index contributed by atoms with van der Waals surface area (Å²) < 4.78 is 5.89. The topological polar surface area (TPSA) is 79.5 Å². The normalized spacial score (nSPS) is 13.9. The predicted molar refractivity (Wildman–Crippen MR) is 123 cm³/mol. The van der Waals surface area contributed by atoms with E-state index in [2.05, 4.69) is 16.0 Å². The summed E-state index contributed by atoms with van der Waals surface area (Å²) in [5.41, 5.74) is 2.13. The highest BCUT2D eigenvalue weighted by molar-refractivity contribution is 5.76. The fourth-order valence-corrected chi connectivity index (χ4v) is 3.82. The molecule has 0 bridgehead atoms. The van der Waals surface area contributed by atoms with Crippen LogP contribution in [0.25, 0.3) is 11.1 Å². The van der Waals surface area contributed by atoms with Gasteiger partial charge in [0.05, 0.1) is 6.54 Å². The number of rotatable bonds is 10. The minimum absolute atomic E-state index is 0.0329. The molecule has 0 radical (unpaired) electrons. The summed E-state index contributed by atoms with van der Waals surface area (Å²) in [6, 6.07) is 18.2. The van der Waals surface area contributed by atoms with E-state index in [1.807, 2.05) is 54.6 Å². The zero-order chi connectivity index (χ0) is 21.7. The van der Waals surface area contributed by atoms with Crippen molar-refractivity contribution in [2.75, 3.05) is 19.7 Å². The van der Waals surface area contributed by atoms with Crippen LogP contribution in [-0.4, -0.2) is 37.7 Å². The summed E-state index contributed by atoms with van der Waals surface area (Å²) in [6.07, 6.45) is 6.76. The van der Waals surface area contributed by atoms with Gasteiger partial charge in [0.25, 0.3) is 0 Å². The Morgan fingerprint density at radius 3 is 2.42 bits per heavy atom. The van der Waals surface area contributed by atoms with E-state index < -0.39 is 0 Å². The Morgan fingerprint density at radius 1 is 0.871 bits per heavy atom. The SMILES string of the molecule is O=C(CCCNC(=O)NC1CCCCC1)NCCOc1ccccc1-c1ccccc1. The number of para-hydroxylation sites is 1. The highest BCUT2D eigenvalue weighted by Crippen LogP contribution is 2.29. The van der Waals surface area contributed by atoms with Crippen LogP contribution in [0.5, 0.6) is 5.75 Å². The van der Waals surface area contributed by atoms with Gasteiger partial charge < -0.3 is 20.7 Å². The first-order valence-electron chi connectivity index (χ1n) is 11.3. The quantitative estimate of drug-likeness (QED) is 0.500. The van der Waals surface area contributed by atoms with Crippen LogP contribution in [-0.2, 0) is 4.79 Å². The van der Waals surface area contributed by atoms with Crippen molar-refractivity contribution in [3.63, 3.8) is 0 Å². The lowest BCUT2D eigenvalue weighted by atomic mass is 9.96. The zero-order valence-electron chi connectivity index (χ0n) is 18.1. The number of amides is 3. The molecule has 6 nitrogen and oxygen atoms in total. The third-order valence-electron chi connectivity index (χ3n) is 5.46. The molecule has 3 amide bonds. The summed E-state index contributed by atoms with van der Waals surface area (Å²) >= 11 is 0. The largest absolute Gasteiger partial charge is 0.491 e. The second-order valence-corrected chi connectivity index (χ2v) is 7.90. The number of carbonyl (C=O) groups is 2. The number of urea groups is 1. The predicted octanol–water partition coefficient (Wildman–Crippen LogP) is 4.26. The van der Waals surface area contributed by atoms with Crippen molar-refractivity contribution in [1.29, 1.82) is 0 Å². The Balaban J connectivity index is 1.28. The van der Waals surface area contributed by atoms with Gasteiger partial charge in [0.2, 0.25) is 5.91 Å². The van der Waals surface area contributed by atoms with Crippen LogP contribution >= 0.6 is 0 Å². The first kappa shape index (κ1) is 22.7. The molecule has 2 aromatic rings. The maximum Gasteiger partial charge on any atom is 0.315 e. The highest BCUT2D eigenvalue weighted by Gasteiger charge is 2.15. The second-order valence-electron chi connectivity index (χ2n) is 7.90. The van der Waals surface area contributed by atoms with Crippen molar-refractivity contribution in [3.8, 4) is 16.9 Å². The van der Waals surface area contributed by atoms with E-state index in [0.717, 1.165) is 29.7 Å². The zero-order valence-corrected chi connectivity index (χ0v) is 18.1. The molecule has 0 spiro atoms. The number of hydrogen-bond acceptors (Lipinski definition) is 3. The Morgan fingerprint density at radius 2 is 1.61 bits per heavy atom. The lowest BCUT2D eigenvalue weighted by Crippen LogP contribution is -2.43. The monoisotopic (exact) mass is 423 g/mol. The molecule has 0 heterocycles. The number of carbonyl (C=O) groups excluding carboxylic acids is 2. The molecule has 1 fully saturated rings. The van der Waals surface area contributed by atoms with Crippen LogP contribution in [0, 0.1) is 0 Å². The van der Waals surface area contributed by atoms with E-state index >= 15 is 0 Å². The average Bonchev–Trinajstić information content (AvgIpc) is 2.81. The number of hydrogen-bond donors (Lipinski definition) is 3. The molecule has 1 aliphatic carbocycles. The van der Waals surface area contributed by atoms with Gasteiger partial charge in [0.15, 0.2) is 0 Å². The van der Waals surface area contributed by atoms with Crippen LogP contribution in [0.4, 0.5) is 4.79 Å². The van der Waals surface area contributed by atoms with Gasteiger partial charge in [-0.25, -0.2) is 4.79 Å². The Bertz CT molecular complexity index is 820. The van der Waals surface area contributed by atoms with Gasteiger partial charge >= 0.3 is 6.03 Å². The maximum atomic E-state index is 12.0. The molecule has 3 rings (SSSR count). The van der Waals surface area contributed by atoms with E-state index in [1.165, 1.54) is 19.3 Å². The van der Waals surface area contributed by atoms with Crippen LogP contribution in [0.2, 0.25) is 0 Å². The fraction of sp³-hybridized carbons (Fsp3) is 0.440. The number of nitrogens with one attached hydrogen (secondary N) is 3. The molecule has 0 aliphatic heterocycles. The van der Waals surface area contributed by atoms with Gasteiger partial charge in [0.1, 0.15) is 12.4 Å². The van der Waals surface area contributed by atoms with Crippen LogP contribution < -0.4 is 20.7 Å². The molecular formula is C25H33N3O3. The van der Waals surface area contributed by atoms with Crippen molar-refractivity contribution >= 4 is 11.9 Å². The molecule has 1 aliphatic rings. The minimum atomic E-state index is -0.127. The lowest BCUT2D eigenvalue weighted by molar-refractivity contribution is -0.121. The number of benzene rings is 2. The summed E-state index contributed by atoms with van der Waals surface area (Å²) in [4.78, 5) is 23.9. The van der Waals surface area contributed by atoms with Gasteiger partial charge in [-0.05, 0) is 30.9 Å². The highest BCUT2D eigenvalue weighted by atomic mass is 16.5. The summed E-state index contributed by atoms with van der Waals surface area (Å²) in [7, 11) is 0. The molecule has 0 aromatic heterocycles.